The second-order valence-corrected chi connectivity index (χ2v) is 13.0. The van der Waals surface area contributed by atoms with Crippen LogP contribution in [0.2, 0.25) is 0 Å². The molecule has 0 spiro atoms. The van der Waals surface area contributed by atoms with Crippen molar-refractivity contribution in [3.05, 3.63) is 109 Å². The van der Waals surface area contributed by atoms with Crippen LogP contribution in [0.15, 0.2) is 87.1 Å². The highest BCUT2D eigenvalue weighted by Gasteiger charge is 2.56. The Hall–Kier alpha value is -3.47. The number of rotatable bonds is 5. The number of halogens is 1. The van der Waals surface area contributed by atoms with Crippen LogP contribution in [0.5, 0.6) is 0 Å². The molecule has 2 aliphatic heterocycles. The summed E-state index contributed by atoms with van der Waals surface area (Å²) >= 11 is 5.72. The molecule has 0 saturated carbocycles. The molecule has 3 heterocycles. The molecule has 3 amide bonds. The smallest absolute Gasteiger partial charge is 0.308 e. The van der Waals surface area contributed by atoms with Gasteiger partial charge < -0.3 is 5.32 Å². The molecule has 1 aromatic heterocycles. The van der Waals surface area contributed by atoms with Gasteiger partial charge in [-0.1, -0.05) is 86.6 Å². The van der Waals surface area contributed by atoms with Gasteiger partial charge in [-0.2, -0.15) is 0 Å². The third kappa shape index (κ3) is 4.74. The molecule has 1 saturated heterocycles. The fourth-order valence-corrected chi connectivity index (χ4v) is 8.25. The lowest BCUT2D eigenvalue weighted by Crippen LogP contribution is -2.33. The highest BCUT2D eigenvalue weighted by Crippen LogP contribution is 2.53. The lowest BCUT2D eigenvalue weighted by Gasteiger charge is -2.30. The van der Waals surface area contributed by atoms with Crippen molar-refractivity contribution in [2.24, 2.45) is 5.92 Å². The Labute approximate surface area is 247 Å². The number of thiazole rings is 1. The Kier molecular flexibility index (Phi) is 7.02. The first kappa shape index (κ1) is 26.7. The summed E-state index contributed by atoms with van der Waals surface area (Å²) in [5, 5.41) is 2.69. The summed E-state index contributed by atoms with van der Waals surface area (Å²) < 4.78 is 2.31. The van der Waals surface area contributed by atoms with Crippen molar-refractivity contribution in [3.63, 3.8) is 0 Å². The summed E-state index contributed by atoms with van der Waals surface area (Å²) in [7, 11) is 0. The van der Waals surface area contributed by atoms with Crippen LogP contribution in [0, 0.1) is 19.8 Å². The Morgan fingerprint density at radius 2 is 1.50 bits per heavy atom. The lowest BCUT2D eigenvalue weighted by molar-refractivity contribution is -0.122. The van der Waals surface area contributed by atoms with Crippen molar-refractivity contribution in [2.75, 3.05) is 10.2 Å². The van der Waals surface area contributed by atoms with Crippen molar-refractivity contribution < 1.29 is 14.4 Å². The van der Waals surface area contributed by atoms with Crippen LogP contribution in [0.1, 0.15) is 27.5 Å². The van der Waals surface area contributed by atoms with Crippen LogP contribution in [-0.4, -0.2) is 27.5 Å². The van der Waals surface area contributed by atoms with E-state index in [0.717, 1.165) is 32.5 Å². The van der Waals surface area contributed by atoms with Crippen molar-refractivity contribution in [1.29, 1.82) is 0 Å². The molecule has 3 atom stereocenters. The van der Waals surface area contributed by atoms with Crippen LogP contribution in [0.3, 0.4) is 0 Å². The standard InChI is InChI=1S/C30H24BrN3O4S2/c1-16-3-11-20(12-4-16)32-22(35)15-33-29-26(40-30(33)38)23(18-7-9-19(31)10-8-18)24-25(39-29)28(37)34(27(24)36)21-13-5-17(2)6-14-21/h3-14,23-25H,15H2,1-2H3,(H,32,35). The lowest BCUT2D eigenvalue weighted by atomic mass is 9.83. The first-order chi connectivity index (χ1) is 19.2. The molecule has 0 radical (unpaired) electrons. The summed E-state index contributed by atoms with van der Waals surface area (Å²) in [4.78, 5) is 55.7. The van der Waals surface area contributed by atoms with Gasteiger partial charge in [0.05, 0.1) is 16.6 Å². The fraction of sp³-hybridized carbons (Fsp3) is 0.200. The zero-order valence-electron chi connectivity index (χ0n) is 21.6. The fourth-order valence-electron chi connectivity index (χ4n) is 5.21. The molecule has 202 valence electrons. The molecule has 40 heavy (non-hydrogen) atoms. The number of nitrogens with one attached hydrogen (secondary N) is 1. The van der Waals surface area contributed by atoms with Gasteiger partial charge in [0.1, 0.15) is 11.8 Å². The van der Waals surface area contributed by atoms with Gasteiger partial charge in [0, 0.05) is 21.0 Å². The second-order valence-electron chi connectivity index (χ2n) is 9.98. The van der Waals surface area contributed by atoms with Crippen LogP contribution < -0.4 is 15.1 Å². The van der Waals surface area contributed by atoms with E-state index in [1.165, 1.54) is 21.2 Å². The number of carbonyl (C=O) groups excluding carboxylic acids is 3. The van der Waals surface area contributed by atoms with E-state index in [-0.39, 0.29) is 29.1 Å². The maximum atomic E-state index is 13.9. The van der Waals surface area contributed by atoms with Gasteiger partial charge >= 0.3 is 4.87 Å². The second kappa shape index (κ2) is 10.5. The predicted molar refractivity (Wildman–Crippen MR) is 161 cm³/mol. The quantitative estimate of drug-likeness (QED) is 0.284. The number of aromatic nitrogens is 1. The molecule has 0 aliphatic carbocycles. The predicted octanol–water partition coefficient (Wildman–Crippen LogP) is 5.72. The number of thioether (sulfide) groups is 1. The van der Waals surface area contributed by atoms with Gasteiger partial charge in [-0.3, -0.25) is 23.7 Å². The normalized spacial score (nSPS) is 19.9. The number of anilines is 2. The number of aryl methyl sites for hydroxylation is 2. The molecule has 0 bridgehead atoms. The average molecular weight is 635 g/mol. The Bertz CT molecular complexity index is 1690. The van der Waals surface area contributed by atoms with E-state index in [0.29, 0.717) is 21.3 Å². The number of fused-ring (bicyclic) bond motifs is 2. The molecule has 2 aliphatic rings. The summed E-state index contributed by atoms with van der Waals surface area (Å²) in [6.45, 7) is 3.72. The van der Waals surface area contributed by atoms with E-state index in [9.17, 15) is 19.2 Å². The van der Waals surface area contributed by atoms with E-state index in [2.05, 4.69) is 21.2 Å². The van der Waals surface area contributed by atoms with Crippen LogP contribution in [-0.2, 0) is 20.9 Å². The van der Waals surface area contributed by atoms with Gasteiger partial charge in [-0.05, 0) is 55.8 Å². The third-order valence-corrected chi connectivity index (χ3v) is 10.3. The molecular formula is C30H24BrN3O4S2. The third-order valence-electron chi connectivity index (χ3n) is 7.21. The molecule has 3 unspecified atom stereocenters. The highest BCUT2D eigenvalue weighted by molar-refractivity contribution is 9.10. The first-order valence-corrected chi connectivity index (χ1v) is 15.2. The van der Waals surface area contributed by atoms with Gasteiger partial charge in [-0.25, -0.2) is 4.90 Å². The summed E-state index contributed by atoms with van der Waals surface area (Å²) in [5.74, 6) is -2.12. The summed E-state index contributed by atoms with van der Waals surface area (Å²) in [5.41, 5.74) is 4.10. The number of nitrogens with zero attached hydrogens (tertiary/aromatic N) is 2. The molecule has 10 heteroatoms. The van der Waals surface area contributed by atoms with Crippen molar-refractivity contribution in [2.45, 2.75) is 36.6 Å². The van der Waals surface area contributed by atoms with Crippen LogP contribution in [0.4, 0.5) is 11.4 Å². The van der Waals surface area contributed by atoms with E-state index < -0.39 is 17.1 Å². The van der Waals surface area contributed by atoms with Gasteiger partial charge in [0.2, 0.25) is 17.7 Å². The summed E-state index contributed by atoms with van der Waals surface area (Å²) in [6, 6.07) is 22.3. The zero-order valence-corrected chi connectivity index (χ0v) is 24.8. The van der Waals surface area contributed by atoms with E-state index >= 15 is 0 Å². The molecule has 1 fully saturated rings. The molecule has 6 rings (SSSR count). The van der Waals surface area contributed by atoms with Crippen LogP contribution >= 0.6 is 39.0 Å². The number of hydrogen-bond donors (Lipinski definition) is 1. The molecule has 3 aromatic carbocycles. The van der Waals surface area contributed by atoms with E-state index in [4.69, 9.17) is 0 Å². The number of hydrogen-bond acceptors (Lipinski definition) is 6. The van der Waals surface area contributed by atoms with Crippen molar-refractivity contribution in [1.82, 2.24) is 4.57 Å². The largest absolute Gasteiger partial charge is 0.325 e. The van der Waals surface area contributed by atoms with Gasteiger partial charge in [-0.15, -0.1) is 0 Å². The maximum absolute atomic E-state index is 13.9. The van der Waals surface area contributed by atoms with Crippen molar-refractivity contribution in [3.8, 4) is 0 Å². The average Bonchev–Trinajstić information content (AvgIpc) is 3.37. The summed E-state index contributed by atoms with van der Waals surface area (Å²) in [6.07, 6.45) is 0. The number of benzene rings is 3. The molecule has 1 N–H and O–H groups in total. The van der Waals surface area contributed by atoms with Crippen molar-refractivity contribution >= 4 is 68.1 Å². The van der Waals surface area contributed by atoms with E-state index in [1.807, 2.05) is 74.5 Å². The van der Waals surface area contributed by atoms with Crippen LogP contribution in [0.25, 0.3) is 0 Å². The monoisotopic (exact) mass is 633 g/mol. The SMILES string of the molecule is Cc1ccc(NC(=O)Cn2c3c(sc2=O)C(c2ccc(Br)cc2)C2C(=O)N(c4ccc(C)cc4)C(=O)C2S3)cc1. The number of amides is 3. The molecular weight excluding hydrogens is 610 g/mol. The zero-order chi connectivity index (χ0) is 28.1. The first-order valence-electron chi connectivity index (χ1n) is 12.7. The minimum atomic E-state index is -0.727. The maximum Gasteiger partial charge on any atom is 0.308 e. The minimum Gasteiger partial charge on any atom is -0.325 e. The Morgan fingerprint density at radius 3 is 2.15 bits per heavy atom. The number of carbonyl (C=O) groups is 3. The minimum absolute atomic E-state index is 0.195. The highest BCUT2D eigenvalue weighted by atomic mass is 79.9. The van der Waals surface area contributed by atoms with Gasteiger partial charge in [0.25, 0.3) is 0 Å². The number of imide groups is 1. The topological polar surface area (TPSA) is 88.5 Å². The molecule has 4 aromatic rings. The van der Waals surface area contributed by atoms with Gasteiger partial charge in [0.15, 0.2) is 0 Å². The Balaban J connectivity index is 1.40. The Morgan fingerprint density at radius 1 is 0.875 bits per heavy atom. The van der Waals surface area contributed by atoms with E-state index in [1.54, 1.807) is 12.1 Å². The molecule has 7 nitrogen and oxygen atoms in total.